The second-order valence-corrected chi connectivity index (χ2v) is 6.26. The summed E-state index contributed by atoms with van der Waals surface area (Å²) in [6.07, 6.45) is 3.98. The van der Waals surface area contributed by atoms with Crippen molar-refractivity contribution in [1.29, 1.82) is 0 Å². The molecule has 2 aliphatic rings. The highest BCUT2D eigenvalue weighted by molar-refractivity contribution is 8.14. The first kappa shape index (κ1) is 11.3. The van der Waals surface area contributed by atoms with E-state index < -0.39 is 0 Å². The largest absolute Gasteiger partial charge is 0.362 e. The molecular formula is C12H22N2S. The quantitative estimate of drug-likeness (QED) is 0.743. The monoisotopic (exact) mass is 226 g/mol. The fourth-order valence-corrected chi connectivity index (χ4v) is 3.55. The molecule has 1 aliphatic heterocycles. The second-order valence-electron chi connectivity index (χ2n) is 5.25. The molecule has 0 aromatic carbocycles. The summed E-state index contributed by atoms with van der Waals surface area (Å²) in [4.78, 5) is 4.87. The number of amidine groups is 1. The smallest absolute Gasteiger partial charge is 0.157 e. The van der Waals surface area contributed by atoms with Crippen LogP contribution >= 0.6 is 11.8 Å². The Labute approximate surface area is 97.3 Å². The van der Waals surface area contributed by atoms with E-state index in [1.54, 1.807) is 0 Å². The highest BCUT2D eigenvalue weighted by atomic mass is 32.2. The van der Waals surface area contributed by atoms with E-state index in [2.05, 4.69) is 26.1 Å². The van der Waals surface area contributed by atoms with Gasteiger partial charge in [-0.2, -0.15) is 0 Å². The van der Waals surface area contributed by atoms with Crippen molar-refractivity contribution in [3.63, 3.8) is 0 Å². The number of aliphatic imine (C=N–C) groups is 1. The Hall–Kier alpha value is -0.180. The number of hydrogen-bond donors (Lipinski definition) is 1. The van der Waals surface area contributed by atoms with Gasteiger partial charge in [0.15, 0.2) is 5.17 Å². The van der Waals surface area contributed by atoms with E-state index in [1.807, 2.05) is 11.8 Å². The molecule has 0 aromatic heterocycles. The highest BCUT2D eigenvalue weighted by Crippen LogP contribution is 2.31. The first-order valence-electron chi connectivity index (χ1n) is 6.12. The highest BCUT2D eigenvalue weighted by Gasteiger charge is 2.26. The van der Waals surface area contributed by atoms with E-state index in [0.717, 1.165) is 11.8 Å². The molecule has 0 bridgehead atoms. The molecular weight excluding hydrogens is 204 g/mol. The molecule has 0 spiro atoms. The van der Waals surface area contributed by atoms with Gasteiger partial charge in [-0.3, -0.25) is 4.99 Å². The molecule has 86 valence electrons. The Kier molecular flexibility index (Phi) is 3.60. The third-order valence-corrected chi connectivity index (χ3v) is 4.67. The molecule has 2 nitrogen and oxygen atoms in total. The van der Waals surface area contributed by atoms with Crippen molar-refractivity contribution < 1.29 is 0 Å². The van der Waals surface area contributed by atoms with E-state index in [9.17, 15) is 0 Å². The lowest BCUT2D eigenvalue weighted by Gasteiger charge is -2.30. The van der Waals surface area contributed by atoms with Crippen molar-refractivity contribution in [3.8, 4) is 0 Å². The Bertz CT molecular complexity index is 252. The topological polar surface area (TPSA) is 24.4 Å². The van der Waals surface area contributed by atoms with E-state index in [0.29, 0.717) is 12.1 Å². The first-order valence-corrected chi connectivity index (χ1v) is 7.11. The fraction of sp³-hybridized carbons (Fsp3) is 0.917. The van der Waals surface area contributed by atoms with Gasteiger partial charge in [-0.1, -0.05) is 25.6 Å². The summed E-state index contributed by atoms with van der Waals surface area (Å²) in [5.41, 5.74) is 0. The van der Waals surface area contributed by atoms with Crippen LogP contribution < -0.4 is 5.32 Å². The van der Waals surface area contributed by atoms with Crippen LogP contribution in [-0.2, 0) is 0 Å². The third-order valence-electron chi connectivity index (χ3n) is 3.51. The zero-order valence-electron chi connectivity index (χ0n) is 9.99. The molecule has 0 radical (unpaired) electrons. The molecule has 1 saturated carbocycles. The second kappa shape index (κ2) is 4.77. The maximum atomic E-state index is 4.87. The van der Waals surface area contributed by atoms with Crippen molar-refractivity contribution in [2.45, 2.75) is 52.1 Å². The summed E-state index contributed by atoms with van der Waals surface area (Å²) in [5, 5.41) is 4.63. The van der Waals surface area contributed by atoms with Crippen LogP contribution in [0.3, 0.4) is 0 Å². The molecule has 0 amide bonds. The average molecular weight is 226 g/mol. The Morgan fingerprint density at radius 1 is 1.27 bits per heavy atom. The molecule has 1 saturated heterocycles. The lowest BCUT2D eigenvalue weighted by atomic mass is 9.80. The van der Waals surface area contributed by atoms with Gasteiger partial charge in [0.25, 0.3) is 0 Å². The van der Waals surface area contributed by atoms with Gasteiger partial charge in [0.05, 0.1) is 6.04 Å². The summed E-state index contributed by atoms with van der Waals surface area (Å²) >= 11 is 1.89. The van der Waals surface area contributed by atoms with Gasteiger partial charge in [0.1, 0.15) is 0 Å². The van der Waals surface area contributed by atoms with Gasteiger partial charge in [0.2, 0.25) is 0 Å². The standard InChI is InChI=1S/C12H22N2S/c1-8-4-5-11(9(2)6-8)14-12-13-10(3)7-15-12/h8-11H,4-7H2,1-3H3,(H,13,14). The Morgan fingerprint density at radius 2 is 2.07 bits per heavy atom. The minimum Gasteiger partial charge on any atom is -0.362 e. The number of nitrogens with zero attached hydrogens (tertiary/aromatic N) is 1. The molecule has 3 heteroatoms. The van der Waals surface area contributed by atoms with Crippen molar-refractivity contribution in [3.05, 3.63) is 0 Å². The van der Waals surface area contributed by atoms with Crippen molar-refractivity contribution in [2.24, 2.45) is 16.8 Å². The number of thioether (sulfide) groups is 1. The molecule has 4 atom stereocenters. The van der Waals surface area contributed by atoms with Crippen molar-refractivity contribution >= 4 is 16.9 Å². The van der Waals surface area contributed by atoms with E-state index in [-0.39, 0.29) is 0 Å². The van der Waals surface area contributed by atoms with Gasteiger partial charge < -0.3 is 5.32 Å². The molecule has 15 heavy (non-hydrogen) atoms. The Morgan fingerprint density at radius 3 is 2.67 bits per heavy atom. The van der Waals surface area contributed by atoms with Gasteiger partial charge in [-0.05, 0) is 38.0 Å². The van der Waals surface area contributed by atoms with Crippen LogP contribution in [0.4, 0.5) is 0 Å². The fourth-order valence-electron chi connectivity index (χ4n) is 2.56. The zero-order valence-corrected chi connectivity index (χ0v) is 10.8. The van der Waals surface area contributed by atoms with Gasteiger partial charge in [-0.15, -0.1) is 0 Å². The maximum absolute atomic E-state index is 4.87. The molecule has 4 unspecified atom stereocenters. The molecule has 1 N–H and O–H groups in total. The molecule has 0 aromatic rings. The molecule has 1 heterocycles. The van der Waals surface area contributed by atoms with Crippen LogP contribution in [0.1, 0.15) is 40.0 Å². The lowest BCUT2D eigenvalue weighted by molar-refractivity contribution is 0.264. The first-order chi connectivity index (χ1) is 7.15. The van der Waals surface area contributed by atoms with Gasteiger partial charge in [0, 0.05) is 11.8 Å². The lowest BCUT2D eigenvalue weighted by Crippen LogP contribution is -2.29. The maximum Gasteiger partial charge on any atom is 0.157 e. The van der Waals surface area contributed by atoms with Gasteiger partial charge >= 0.3 is 0 Å². The minimum atomic E-state index is 0.571. The van der Waals surface area contributed by atoms with E-state index in [1.165, 1.54) is 30.2 Å². The minimum absolute atomic E-state index is 0.571. The SMILES string of the molecule is CC1CCC(N=C2NC(C)CS2)C(C)C1. The predicted octanol–water partition coefficient (Wildman–Crippen LogP) is 2.89. The van der Waals surface area contributed by atoms with Crippen LogP contribution in [0.2, 0.25) is 0 Å². The summed E-state index contributed by atoms with van der Waals surface area (Å²) in [5.74, 6) is 2.84. The third kappa shape index (κ3) is 2.90. The van der Waals surface area contributed by atoms with E-state index >= 15 is 0 Å². The van der Waals surface area contributed by atoms with Gasteiger partial charge in [-0.25, -0.2) is 0 Å². The summed E-state index contributed by atoms with van der Waals surface area (Å²) in [6.45, 7) is 6.94. The van der Waals surface area contributed by atoms with Crippen LogP contribution in [0.5, 0.6) is 0 Å². The summed E-state index contributed by atoms with van der Waals surface area (Å²) in [6, 6.07) is 1.17. The van der Waals surface area contributed by atoms with Crippen LogP contribution in [0.15, 0.2) is 4.99 Å². The van der Waals surface area contributed by atoms with Crippen molar-refractivity contribution in [2.75, 3.05) is 5.75 Å². The predicted molar refractivity (Wildman–Crippen MR) is 68.5 cm³/mol. The molecule has 2 fully saturated rings. The number of nitrogens with one attached hydrogen (secondary N) is 1. The van der Waals surface area contributed by atoms with Crippen LogP contribution in [-0.4, -0.2) is 23.0 Å². The Balaban J connectivity index is 1.93. The zero-order chi connectivity index (χ0) is 10.8. The number of hydrogen-bond acceptors (Lipinski definition) is 2. The molecule has 2 rings (SSSR count). The van der Waals surface area contributed by atoms with E-state index in [4.69, 9.17) is 4.99 Å². The normalized spacial score (nSPS) is 44.3. The number of rotatable bonds is 1. The summed E-state index contributed by atoms with van der Waals surface area (Å²) in [7, 11) is 0. The van der Waals surface area contributed by atoms with Crippen LogP contribution in [0.25, 0.3) is 0 Å². The summed E-state index contributed by atoms with van der Waals surface area (Å²) < 4.78 is 0. The molecule has 1 aliphatic carbocycles. The van der Waals surface area contributed by atoms with Crippen molar-refractivity contribution in [1.82, 2.24) is 5.32 Å². The average Bonchev–Trinajstić information content (AvgIpc) is 2.56. The van der Waals surface area contributed by atoms with Crippen LogP contribution in [0, 0.1) is 11.8 Å².